The largest absolute Gasteiger partial charge is 0.468 e. The monoisotopic (exact) mass is 196 g/mol. The number of aromatic amines is 1. The molecule has 6 heteroatoms. The highest BCUT2D eigenvalue weighted by molar-refractivity contribution is 5.58. The highest BCUT2D eigenvalue weighted by atomic mass is 16.5. The van der Waals surface area contributed by atoms with Gasteiger partial charge in [-0.05, 0) is 0 Å². The van der Waals surface area contributed by atoms with Crippen molar-refractivity contribution in [2.45, 2.75) is 0 Å². The maximum absolute atomic E-state index is 11.1. The number of aliphatic imine (C=N–C) groups is 1. The average Bonchev–Trinajstić information content (AvgIpc) is 2.14. The molecule has 1 aromatic heterocycles. The SMILES string of the molecule is COc1nc(/N=C/N(C)C)cc(=O)[nH]1. The maximum atomic E-state index is 11.1. The summed E-state index contributed by atoms with van der Waals surface area (Å²) in [6.07, 6.45) is 1.56. The molecule has 6 nitrogen and oxygen atoms in total. The van der Waals surface area contributed by atoms with Gasteiger partial charge in [0.15, 0.2) is 5.82 Å². The van der Waals surface area contributed by atoms with Crippen LogP contribution in [0.4, 0.5) is 5.82 Å². The first-order valence-electron chi connectivity index (χ1n) is 3.98. The molecule has 0 spiro atoms. The van der Waals surface area contributed by atoms with Crippen LogP contribution in [0.25, 0.3) is 0 Å². The lowest BCUT2D eigenvalue weighted by Gasteiger charge is -2.02. The van der Waals surface area contributed by atoms with Crippen LogP contribution >= 0.6 is 0 Å². The first kappa shape index (κ1) is 10.2. The van der Waals surface area contributed by atoms with E-state index in [2.05, 4.69) is 15.0 Å². The van der Waals surface area contributed by atoms with Gasteiger partial charge in [-0.25, -0.2) is 4.99 Å². The minimum absolute atomic E-state index is 0.156. The lowest BCUT2D eigenvalue weighted by molar-refractivity contribution is 0.379. The molecule has 76 valence electrons. The van der Waals surface area contributed by atoms with Crippen LogP contribution in [0.2, 0.25) is 0 Å². The molecule has 0 atom stereocenters. The molecule has 0 unspecified atom stereocenters. The van der Waals surface area contributed by atoms with Crippen molar-refractivity contribution in [3.05, 3.63) is 16.4 Å². The van der Waals surface area contributed by atoms with Gasteiger partial charge in [0.25, 0.3) is 11.6 Å². The van der Waals surface area contributed by atoms with Crippen molar-refractivity contribution in [3.8, 4) is 6.01 Å². The molecule has 1 aromatic rings. The first-order valence-corrected chi connectivity index (χ1v) is 3.98. The Hall–Kier alpha value is -1.85. The van der Waals surface area contributed by atoms with E-state index in [1.165, 1.54) is 13.2 Å². The second kappa shape index (κ2) is 4.40. The molecule has 0 aliphatic heterocycles. The topological polar surface area (TPSA) is 70.6 Å². The molecule has 0 bridgehead atoms. The summed E-state index contributed by atoms with van der Waals surface area (Å²) in [5.74, 6) is 0.319. The van der Waals surface area contributed by atoms with Crippen LogP contribution in [-0.2, 0) is 0 Å². The summed E-state index contributed by atoms with van der Waals surface area (Å²) < 4.78 is 4.79. The number of hydrogen-bond donors (Lipinski definition) is 1. The zero-order valence-corrected chi connectivity index (χ0v) is 8.31. The number of rotatable bonds is 3. The van der Waals surface area contributed by atoms with Gasteiger partial charge >= 0.3 is 0 Å². The molecule has 1 rings (SSSR count). The van der Waals surface area contributed by atoms with Crippen LogP contribution in [-0.4, -0.2) is 42.4 Å². The molecule has 0 saturated heterocycles. The van der Waals surface area contributed by atoms with Gasteiger partial charge < -0.3 is 9.64 Å². The van der Waals surface area contributed by atoms with Crippen LogP contribution in [0.3, 0.4) is 0 Å². The number of hydrogen-bond acceptors (Lipinski definition) is 4. The summed E-state index contributed by atoms with van der Waals surface area (Å²) in [6, 6.07) is 1.45. The normalized spacial score (nSPS) is 10.5. The third-order valence-corrected chi connectivity index (χ3v) is 1.32. The average molecular weight is 196 g/mol. The second-order valence-electron chi connectivity index (χ2n) is 2.82. The predicted molar refractivity (Wildman–Crippen MR) is 53.2 cm³/mol. The van der Waals surface area contributed by atoms with Crippen LogP contribution in [0, 0.1) is 0 Å². The van der Waals surface area contributed by atoms with Crippen molar-refractivity contribution in [2.75, 3.05) is 21.2 Å². The third-order valence-electron chi connectivity index (χ3n) is 1.32. The molecule has 0 fully saturated rings. The summed E-state index contributed by atoms with van der Waals surface area (Å²) in [4.78, 5) is 23.1. The van der Waals surface area contributed by atoms with Crippen molar-refractivity contribution in [2.24, 2.45) is 4.99 Å². The fourth-order valence-electron chi connectivity index (χ4n) is 0.760. The molecule has 0 aliphatic carbocycles. The second-order valence-corrected chi connectivity index (χ2v) is 2.82. The van der Waals surface area contributed by atoms with E-state index in [1.54, 1.807) is 11.2 Å². The molecule has 0 aliphatic rings. The van der Waals surface area contributed by atoms with Gasteiger partial charge in [0.2, 0.25) is 0 Å². The van der Waals surface area contributed by atoms with Gasteiger partial charge in [-0.3, -0.25) is 9.78 Å². The number of aromatic nitrogens is 2. The van der Waals surface area contributed by atoms with E-state index < -0.39 is 0 Å². The lowest BCUT2D eigenvalue weighted by atomic mass is 10.6. The summed E-state index contributed by atoms with van der Waals surface area (Å²) in [5.41, 5.74) is -0.289. The number of ether oxygens (including phenoxy) is 1. The molecular formula is C8H12N4O2. The minimum atomic E-state index is -0.289. The van der Waals surface area contributed by atoms with Gasteiger partial charge in [-0.2, -0.15) is 4.98 Å². The number of nitrogens with zero attached hydrogens (tertiary/aromatic N) is 3. The van der Waals surface area contributed by atoms with E-state index in [4.69, 9.17) is 4.74 Å². The van der Waals surface area contributed by atoms with Crippen LogP contribution < -0.4 is 10.3 Å². The summed E-state index contributed by atoms with van der Waals surface area (Å²) in [5, 5.41) is 0. The Labute approximate surface area is 81.3 Å². The first-order chi connectivity index (χ1) is 6.61. The Morgan fingerprint density at radius 2 is 2.36 bits per heavy atom. The van der Waals surface area contributed by atoms with E-state index in [1.807, 2.05) is 14.1 Å². The van der Waals surface area contributed by atoms with Crippen molar-refractivity contribution in [3.63, 3.8) is 0 Å². The number of methoxy groups -OCH3 is 1. The van der Waals surface area contributed by atoms with Crippen molar-refractivity contribution < 1.29 is 4.74 Å². The lowest BCUT2D eigenvalue weighted by Crippen LogP contribution is -2.09. The van der Waals surface area contributed by atoms with Crippen LogP contribution in [0.1, 0.15) is 0 Å². The quantitative estimate of drug-likeness (QED) is 0.545. The molecule has 0 aromatic carbocycles. The molecule has 0 radical (unpaired) electrons. The van der Waals surface area contributed by atoms with E-state index >= 15 is 0 Å². The van der Waals surface area contributed by atoms with Gasteiger partial charge in [-0.15, -0.1) is 0 Å². The molecule has 1 heterocycles. The number of nitrogens with one attached hydrogen (secondary N) is 1. The number of H-pyrrole nitrogens is 1. The van der Waals surface area contributed by atoms with Crippen molar-refractivity contribution in [1.29, 1.82) is 0 Å². The Balaban J connectivity index is 2.98. The van der Waals surface area contributed by atoms with E-state index in [9.17, 15) is 4.79 Å². The molecule has 1 N–H and O–H groups in total. The Morgan fingerprint density at radius 1 is 1.64 bits per heavy atom. The Kier molecular flexibility index (Phi) is 3.22. The zero-order valence-electron chi connectivity index (χ0n) is 8.31. The Bertz CT molecular complexity index is 383. The highest BCUT2D eigenvalue weighted by Gasteiger charge is 1.98. The van der Waals surface area contributed by atoms with Crippen molar-refractivity contribution in [1.82, 2.24) is 14.9 Å². The third kappa shape index (κ3) is 2.89. The smallest absolute Gasteiger partial charge is 0.298 e. The fourth-order valence-corrected chi connectivity index (χ4v) is 0.760. The van der Waals surface area contributed by atoms with E-state index in [0.29, 0.717) is 5.82 Å². The molecular weight excluding hydrogens is 184 g/mol. The summed E-state index contributed by atoms with van der Waals surface area (Å²) in [7, 11) is 5.08. The van der Waals surface area contributed by atoms with Gasteiger partial charge in [0.05, 0.1) is 13.4 Å². The highest BCUT2D eigenvalue weighted by Crippen LogP contribution is 2.06. The molecule has 0 saturated carbocycles. The van der Waals surface area contributed by atoms with Crippen molar-refractivity contribution >= 4 is 12.2 Å². The summed E-state index contributed by atoms with van der Waals surface area (Å²) >= 11 is 0. The van der Waals surface area contributed by atoms with Crippen LogP contribution in [0.15, 0.2) is 15.9 Å². The van der Waals surface area contributed by atoms with Gasteiger partial charge in [-0.1, -0.05) is 0 Å². The Morgan fingerprint density at radius 3 is 2.93 bits per heavy atom. The maximum Gasteiger partial charge on any atom is 0.298 e. The fraction of sp³-hybridized carbons (Fsp3) is 0.375. The van der Waals surface area contributed by atoms with Gasteiger partial charge in [0.1, 0.15) is 0 Å². The van der Waals surface area contributed by atoms with E-state index in [-0.39, 0.29) is 11.6 Å². The molecule has 0 amide bonds. The summed E-state index contributed by atoms with van der Waals surface area (Å²) in [6.45, 7) is 0. The molecule has 14 heavy (non-hydrogen) atoms. The van der Waals surface area contributed by atoms with Crippen LogP contribution in [0.5, 0.6) is 6.01 Å². The van der Waals surface area contributed by atoms with Gasteiger partial charge in [0, 0.05) is 20.2 Å². The predicted octanol–water partition coefficient (Wildman–Crippen LogP) is -0.000100. The van der Waals surface area contributed by atoms with E-state index in [0.717, 1.165) is 0 Å². The zero-order chi connectivity index (χ0) is 10.6. The minimum Gasteiger partial charge on any atom is -0.468 e. The standard InChI is InChI=1S/C8H12N4O2/c1-12(2)5-9-6-4-7(13)11-8(10-6)14-3/h4-5H,1-3H3,(H,10,11,13)/b9-5+.